The number of amides is 3. The molecule has 0 aliphatic rings. The zero-order valence-electron chi connectivity index (χ0n) is 15.1. The third-order valence-electron chi connectivity index (χ3n) is 3.95. The summed E-state index contributed by atoms with van der Waals surface area (Å²) in [5.74, 6) is -0.115. The summed E-state index contributed by atoms with van der Waals surface area (Å²) in [7, 11) is 1.90. The Hall–Kier alpha value is -2.83. The van der Waals surface area contributed by atoms with Crippen LogP contribution in [0.5, 0.6) is 0 Å². The van der Waals surface area contributed by atoms with E-state index in [0.29, 0.717) is 17.9 Å². The lowest BCUT2D eigenvalue weighted by molar-refractivity contribution is -0.118. The van der Waals surface area contributed by atoms with E-state index in [1.165, 1.54) is 0 Å². The number of carbonyl (C=O) groups is 2. The van der Waals surface area contributed by atoms with E-state index in [4.69, 9.17) is 0 Å². The Kier molecular flexibility index (Phi) is 6.16. The molecule has 7 heteroatoms. The molecule has 1 aromatic carbocycles. The number of anilines is 2. The number of nitrogens with one attached hydrogen (secondary N) is 3. The fourth-order valence-corrected chi connectivity index (χ4v) is 2.20. The number of carbonyl (C=O) groups excluding carboxylic acids is 2. The monoisotopic (exact) mass is 343 g/mol. The maximum atomic E-state index is 11.9. The summed E-state index contributed by atoms with van der Waals surface area (Å²) in [6.45, 7) is 6.20. The molecule has 1 aromatic heterocycles. The lowest BCUT2D eigenvalue weighted by Gasteiger charge is -2.10. The number of urea groups is 1. The molecule has 0 radical (unpaired) electrons. The molecule has 3 N–H and O–H groups in total. The first-order valence-electron chi connectivity index (χ1n) is 8.30. The van der Waals surface area contributed by atoms with Crippen LogP contribution >= 0.6 is 0 Å². The van der Waals surface area contributed by atoms with Crippen molar-refractivity contribution in [3.63, 3.8) is 0 Å². The Bertz CT molecular complexity index is 734. The summed E-state index contributed by atoms with van der Waals surface area (Å²) < 4.78 is 1.81. The molecule has 25 heavy (non-hydrogen) atoms. The van der Waals surface area contributed by atoms with Crippen LogP contribution in [0.2, 0.25) is 0 Å². The van der Waals surface area contributed by atoms with Crippen LogP contribution in [0.25, 0.3) is 0 Å². The minimum Gasteiger partial charge on any atom is -0.338 e. The van der Waals surface area contributed by atoms with Crippen molar-refractivity contribution in [1.82, 2.24) is 15.1 Å². The summed E-state index contributed by atoms with van der Waals surface area (Å²) >= 11 is 0. The van der Waals surface area contributed by atoms with Crippen molar-refractivity contribution in [1.29, 1.82) is 0 Å². The minimum atomic E-state index is -0.263. The zero-order chi connectivity index (χ0) is 18.4. The van der Waals surface area contributed by atoms with Gasteiger partial charge in [0.05, 0.1) is 6.20 Å². The van der Waals surface area contributed by atoms with Crippen LogP contribution in [0.4, 0.5) is 16.2 Å². The van der Waals surface area contributed by atoms with E-state index in [2.05, 4.69) is 21.0 Å². The third kappa shape index (κ3) is 5.34. The molecule has 2 rings (SSSR count). The fourth-order valence-electron chi connectivity index (χ4n) is 2.20. The van der Waals surface area contributed by atoms with Gasteiger partial charge in [-0.15, -0.1) is 0 Å². The van der Waals surface area contributed by atoms with E-state index < -0.39 is 0 Å². The van der Waals surface area contributed by atoms with Gasteiger partial charge < -0.3 is 16.0 Å². The van der Waals surface area contributed by atoms with E-state index in [-0.39, 0.29) is 17.9 Å². The van der Waals surface area contributed by atoms with Crippen molar-refractivity contribution in [2.45, 2.75) is 27.2 Å². The van der Waals surface area contributed by atoms with Crippen LogP contribution in [-0.4, -0.2) is 28.3 Å². The lowest BCUT2D eigenvalue weighted by atomic mass is 10.2. The Labute approximate surface area is 147 Å². The second kappa shape index (κ2) is 8.32. The molecular formula is C18H25N5O2. The van der Waals surface area contributed by atoms with E-state index in [1.807, 2.05) is 38.7 Å². The topological polar surface area (TPSA) is 88.1 Å². The molecule has 7 nitrogen and oxygen atoms in total. The van der Waals surface area contributed by atoms with Gasteiger partial charge in [0.25, 0.3) is 0 Å². The smallest absolute Gasteiger partial charge is 0.319 e. The first-order valence-corrected chi connectivity index (χ1v) is 8.30. The maximum Gasteiger partial charge on any atom is 0.319 e. The molecule has 0 aliphatic carbocycles. The number of hydrogen-bond acceptors (Lipinski definition) is 3. The van der Waals surface area contributed by atoms with Crippen LogP contribution < -0.4 is 16.0 Å². The molecule has 0 unspecified atom stereocenters. The highest BCUT2D eigenvalue weighted by Gasteiger charge is 2.08. The molecule has 0 atom stereocenters. The van der Waals surface area contributed by atoms with Crippen molar-refractivity contribution in [2.24, 2.45) is 13.0 Å². The highest BCUT2D eigenvalue weighted by atomic mass is 16.2. The van der Waals surface area contributed by atoms with E-state index in [0.717, 1.165) is 17.7 Å². The second-order valence-corrected chi connectivity index (χ2v) is 6.23. The van der Waals surface area contributed by atoms with E-state index in [1.54, 1.807) is 24.3 Å². The number of benzene rings is 1. The van der Waals surface area contributed by atoms with E-state index >= 15 is 0 Å². The second-order valence-electron chi connectivity index (χ2n) is 6.23. The van der Waals surface area contributed by atoms with Crippen LogP contribution in [-0.2, 0) is 18.3 Å². The maximum absolute atomic E-state index is 11.9. The number of aryl methyl sites for hydroxylation is 1. The summed E-state index contributed by atoms with van der Waals surface area (Å²) in [6.07, 6.45) is 2.55. The van der Waals surface area contributed by atoms with Gasteiger partial charge in [0, 0.05) is 36.6 Å². The fraction of sp³-hybridized carbons (Fsp3) is 0.389. The van der Waals surface area contributed by atoms with Gasteiger partial charge in [0.2, 0.25) is 5.91 Å². The van der Waals surface area contributed by atoms with E-state index in [9.17, 15) is 9.59 Å². The van der Waals surface area contributed by atoms with Crippen molar-refractivity contribution in [2.75, 3.05) is 17.2 Å². The van der Waals surface area contributed by atoms with Crippen LogP contribution in [0, 0.1) is 12.8 Å². The first kappa shape index (κ1) is 18.5. The number of rotatable bonds is 6. The standard InChI is InChI=1S/C18H25N5O2/c1-12(2)17(24)21-15-5-7-16(8-6-15)22-18(25)19-10-9-14-11-20-23(4)13(14)3/h5-8,11-12H,9-10H2,1-4H3,(H,21,24)(H2,19,22,25). The Balaban J connectivity index is 1.78. The van der Waals surface area contributed by atoms with Crippen LogP contribution in [0.15, 0.2) is 30.5 Å². The Morgan fingerprint density at radius 3 is 2.24 bits per heavy atom. The number of nitrogens with zero attached hydrogens (tertiary/aromatic N) is 2. The zero-order valence-corrected chi connectivity index (χ0v) is 15.1. The first-order chi connectivity index (χ1) is 11.9. The Morgan fingerprint density at radius 2 is 1.72 bits per heavy atom. The molecule has 3 amide bonds. The highest BCUT2D eigenvalue weighted by molar-refractivity contribution is 5.93. The molecule has 1 heterocycles. The predicted molar refractivity (Wildman–Crippen MR) is 98.6 cm³/mol. The van der Waals surface area contributed by atoms with Gasteiger partial charge in [-0.3, -0.25) is 9.48 Å². The van der Waals surface area contributed by atoms with Crippen molar-refractivity contribution < 1.29 is 9.59 Å². The van der Waals surface area contributed by atoms with Crippen molar-refractivity contribution in [3.8, 4) is 0 Å². The van der Waals surface area contributed by atoms with Gasteiger partial charge >= 0.3 is 6.03 Å². The Morgan fingerprint density at radius 1 is 1.12 bits per heavy atom. The highest BCUT2D eigenvalue weighted by Crippen LogP contribution is 2.14. The average Bonchev–Trinajstić information content (AvgIpc) is 2.88. The largest absolute Gasteiger partial charge is 0.338 e. The average molecular weight is 343 g/mol. The quantitative estimate of drug-likeness (QED) is 0.753. The molecule has 0 fully saturated rings. The van der Waals surface area contributed by atoms with Crippen LogP contribution in [0.1, 0.15) is 25.1 Å². The summed E-state index contributed by atoms with van der Waals surface area (Å²) in [6, 6.07) is 6.76. The SMILES string of the molecule is Cc1c(CCNC(=O)Nc2ccc(NC(=O)C(C)C)cc2)cnn1C. The van der Waals surface area contributed by atoms with Gasteiger partial charge in [-0.05, 0) is 43.2 Å². The van der Waals surface area contributed by atoms with Crippen molar-refractivity contribution >= 4 is 23.3 Å². The summed E-state index contributed by atoms with van der Waals surface area (Å²) in [4.78, 5) is 23.6. The number of hydrogen-bond donors (Lipinski definition) is 3. The molecule has 2 aromatic rings. The lowest BCUT2D eigenvalue weighted by Crippen LogP contribution is -2.30. The molecule has 0 aliphatic heterocycles. The molecule has 0 bridgehead atoms. The third-order valence-corrected chi connectivity index (χ3v) is 3.95. The number of aromatic nitrogens is 2. The minimum absolute atomic E-state index is 0.0378. The summed E-state index contributed by atoms with van der Waals surface area (Å²) in [5.41, 5.74) is 3.59. The van der Waals surface area contributed by atoms with Crippen LogP contribution in [0.3, 0.4) is 0 Å². The van der Waals surface area contributed by atoms with Gasteiger partial charge in [-0.1, -0.05) is 13.8 Å². The predicted octanol–water partition coefficient (Wildman–Crippen LogP) is 2.69. The molecular weight excluding hydrogens is 318 g/mol. The molecule has 0 saturated carbocycles. The normalized spacial score (nSPS) is 10.6. The van der Waals surface area contributed by atoms with Gasteiger partial charge in [0.1, 0.15) is 0 Å². The van der Waals surface area contributed by atoms with Crippen molar-refractivity contribution in [3.05, 3.63) is 41.7 Å². The molecule has 0 spiro atoms. The summed E-state index contributed by atoms with van der Waals surface area (Å²) in [5, 5.41) is 12.6. The molecule has 0 saturated heterocycles. The molecule has 134 valence electrons. The van der Waals surface area contributed by atoms with Gasteiger partial charge in [-0.25, -0.2) is 4.79 Å². The van der Waals surface area contributed by atoms with Gasteiger partial charge in [-0.2, -0.15) is 5.10 Å². The van der Waals surface area contributed by atoms with Gasteiger partial charge in [0.15, 0.2) is 0 Å².